The third-order valence-corrected chi connectivity index (χ3v) is 6.51. The maximum Gasteiger partial charge on any atom is 0.266 e. The topological polar surface area (TPSA) is 55.2 Å². The van der Waals surface area contributed by atoms with Gasteiger partial charge >= 0.3 is 0 Å². The highest BCUT2D eigenvalue weighted by Gasteiger charge is 2.32. The molecule has 174 valence electrons. The summed E-state index contributed by atoms with van der Waals surface area (Å²) in [6.45, 7) is 2.47. The maximum absolute atomic E-state index is 13.8. The van der Waals surface area contributed by atoms with Gasteiger partial charge in [-0.05, 0) is 48.9 Å². The number of amides is 1. The molecule has 0 bridgehead atoms. The first-order valence-corrected chi connectivity index (χ1v) is 11.9. The number of rotatable bonds is 4. The van der Waals surface area contributed by atoms with E-state index in [-0.39, 0.29) is 11.5 Å². The van der Waals surface area contributed by atoms with Crippen LogP contribution >= 0.6 is 0 Å². The fourth-order valence-electron chi connectivity index (χ4n) is 4.69. The highest BCUT2D eigenvalue weighted by molar-refractivity contribution is 6.35. The number of carbonyl (C=O) groups is 1. The smallest absolute Gasteiger partial charge is 0.266 e. The zero-order valence-electron chi connectivity index (χ0n) is 19.8. The van der Waals surface area contributed by atoms with Crippen LogP contribution in [0.5, 0.6) is 0 Å². The number of para-hydroxylation sites is 2. The molecule has 1 amide bonds. The van der Waals surface area contributed by atoms with Crippen molar-refractivity contribution in [3.63, 3.8) is 0 Å². The minimum Gasteiger partial charge on any atom is -0.303 e. The summed E-state index contributed by atoms with van der Waals surface area (Å²) >= 11 is 0. The highest BCUT2D eigenvalue weighted by Crippen LogP contribution is 2.38. The van der Waals surface area contributed by atoms with Crippen molar-refractivity contribution in [3.05, 3.63) is 136 Å². The Balaban J connectivity index is 1.55. The zero-order chi connectivity index (χ0) is 24.6. The maximum atomic E-state index is 13.8. The van der Waals surface area contributed by atoms with E-state index in [1.54, 1.807) is 21.6 Å². The lowest BCUT2D eigenvalue weighted by Crippen LogP contribution is -2.26. The molecule has 0 N–H and O–H groups in total. The van der Waals surface area contributed by atoms with Crippen LogP contribution in [0.2, 0.25) is 0 Å². The summed E-state index contributed by atoms with van der Waals surface area (Å²) in [6, 6.07) is 32.7. The number of benzene rings is 4. The summed E-state index contributed by atoms with van der Waals surface area (Å²) in [4.78, 5) is 34.0. The van der Waals surface area contributed by atoms with Crippen LogP contribution in [-0.4, -0.2) is 15.5 Å². The van der Waals surface area contributed by atoms with Gasteiger partial charge < -0.3 is 4.90 Å². The normalized spacial score (nSPS) is 14.0. The molecule has 2 heterocycles. The van der Waals surface area contributed by atoms with Gasteiger partial charge in [-0.15, -0.1) is 0 Å². The van der Waals surface area contributed by atoms with E-state index >= 15 is 0 Å². The molecule has 1 aromatic heterocycles. The minimum atomic E-state index is -0.170. The number of aromatic nitrogens is 2. The third kappa shape index (κ3) is 3.71. The van der Waals surface area contributed by atoms with Crippen molar-refractivity contribution in [1.29, 1.82) is 0 Å². The van der Waals surface area contributed by atoms with E-state index < -0.39 is 0 Å². The second-order valence-electron chi connectivity index (χ2n) is 8.92. The first-order valence-electron chi connectivity index (χ1n) is 11.9. The average Bonchev–Trinajstić information content (AvgIpc) is 3.16. The van der Waals surface area contributed by atoms with Gasteiger partial charge in [0.1, 0.15) is 5.82 Å². The lowest BCUT2D eigenvalue weighted by atomic mass is 10.1. The predicted octanol–water partition coefficient (Wildman–Crippen LogP) is 5.78. The van der Waals surface area contributed by atoms with Crippen LogP contribution in [0.15, 0.2) is 108 Å². The van der Waals surface area contributed by atoms with Crippen molar-refractivity contribution in [2.45, 2.75) is 13.5 Å². The van der Waals surface area contributed by atoms with Gasteiger partial charge in [-0.2, -0.15) is 0 Å². The van der Waals surface area contributed by atoms with Crippen molar-refractivity contribution in [1.82, 2.24) is 9.55 Å². The van der Waals surface area contributed by atoms with E-state index in [4.69, 9.17) is 4.98 Å². The number of anilines is 1. The van der Waals surface area contributed by atoms with E-state index in [1.165, 1.54) is 0 Å². The van der Waals surface area contributed by atoms with Gasteiger partial charge in [0.05, 0.1) is 34.4 Å². The van der Waals surface area contributed by atoms with Crippen LogP contribution in [0.25, 0.3) is 28.2 Å². The van der Waals surface area contributed by atoms with Crippen molar-refractivity contribution in [3.8, 4) is 5.69 Å². The Morgan fingerprint density at radius 2 is 1.47 bits per heavy atom. The highest BCUT2D eigenvalue weighted by atomic mass is 16.2. The molecule has 1 aliphatic heterocycles. The number of nitrogens with zero attached hydrogens (tertiary/aromatic N) is 3. The summed E-state index contributed by atoms with van der Waals surface area (Å²) in [6.07, 6.45) is 1.75. The molecule has 36 heavy (non-hydrogen) atoms. The summed E-state index contributed by atoms with van der Waals surface area (Å²) in [5, 5.41) is 0.532. The van der Waals surface area contributed by atoms with Crippen LogP contribution < -0.4 is 10.5 Å². The molecule has 5 nitrogen and oxygen atoms in total. The molecular formula is C31H23N3O2. The Kier molecular flexibility index (Phi) is 5.30. The molecule has 5 heteroatoms. The molecule has 0 saturated carbocycles. The van der Waals surface area contributed by atoms with Crippen LogP contribution in [0.1, 0.15) is 22.5 Å². The van der Waals surface area contributed by atoms with E-state index in [9.17, 15) is 9.59 Å². The van der Waals surface area contributed by atoms with Crippen LogP contribution in [0.3, 0.4) is 0 Å². The number of hydrogen-bond acceptors (Lipinski definition) is 3. The van der Waals surface area contributed by atoms with Crippen molar-refractivity contribution < 1.29 is 4.79 Å². The van der Waals surface area contributed by atoms with Gasteiger partial charge in [0.15, 0.2) is 0 Å². The second kappa shape index (κ2) is 8.78. The number of carbonyl (C=O) groups excluding carboxylic acids is 1. The Bertz CT molecular complexity index is 1700. The standard InChI is InChI=1S/C31H23N3O2/c1-21-15-17-23(18-16-21)34-29(32-27-13-7-5-12-25(27)31(34)36)19-26-24-11-6-8-14-28(24)33(30(26)35)20-22-9-3-2-4-10-22/h2-19H,20H2,1H3/b26-19+. The number of hydrogen-bond donors (Lipinski definition) is 0. The quantitative estimate of drug-likeness (QED) is 0.314. The van der Waals surface area contributed by atoms with Crippen molar-refractivity contribution in [2.24, 2.45) is 0 Å². The molecule has 0 spiro atoms. The molecule has 0 fully saturated rings. The first-order chi connectivity index (χ1) is 17.6. The molecule has 0 saturated heterocycles. The third-order valence-electron chi connectivity index (χ3n) is 6.51. The number of fused-ring (bicyclic) bond motifs is 2. The van der Waals surface area contributed by atoms with Crippen LogP contribution in [-0.2, 0) is 11.3 Å². The monoisotopic (exact) mass is 469 g/mol. The summed E-state index contributed by atoms with van der Waals surface area (Å²) in [7, 11) is 0. The molecule has 4 aromatic carbocycles. The van der Waals surface area contributed by atoms with E-state index in [0.29, 0.717) is 34.5 Å². The van der Waals surface area contributed by atoms with Gasteiger partial charge in [-0.25, -0.2) is 4.98 Å². The van der Waals surface area contributed by atoms with E-state index in [1.807, 2.05) is 104 Å². The molecule has 0 unspecified atom stereocenters. The molecule has 1 aliphatic rings. The lowest BCUT2D eigenvalue weighted by molar-refractivity contribution is -0.113. The summed E-state index contributed by atoms with van der Waals surface area (Å²) < 4.78 is 1.59. The Morgan fingerprint density at radius 3 is 2.28 bits per heavy atom. The number of aryl methyl sites for hydroxylation is 1. The van der Waals surface area contributed by atoms with E-state index in [2.05, 4.69) is 0 Å². The zero-order valence-corrected chi connectivity index (χ0v) is 19.8. The van der Waals surface area contributed by atoms with Gasteiger partial charge in [-0.3, -0.25) is 14.2 Å². The Hall–Kier alpha value is -4.77. The lowest BCUT2D eigenvalue weighted by Gasteiger charge is -2.17. The molecular weight excluding hydrogens is 446 g/mol. The van der Waals surface area contributed by atoms with Gasteiger partial charge in [0.2, 0.25) is 0 Å². The fourth-order valence-corrected chi connectivity index (χ4v) is 4.69. The van der Waals surface area contributed by atoms with E-state index in [0.717, 1.165) is 22.4 Å². The Labute approximate surface area is 208 Å². The van der Waals surface area contributed by atoms with Crippen LogP contribution in [0, 0.1) is 6.92 Å². The second-order valence-corrected chi connectivity index (χ2v) is 8.92. The molecule has 0 atom stereocenters. The molecule has 0 radical (unpaired) electrons. The van der Waals surface area contributed by atoms with Crippen molar-refractivity contribution >= 4 is 34.1 Å². The molecule has 0 aliphatic carbocycles. The molecule has 5 aromatic rings. The van der Waals surface area contributed by atoms with Gasteiger partial charge in [-0.1, -0.05) is 78.4 Å². The van der Waals surface area contributed by atoms with Gasteiger partial charge in [0.25, 0.3) is 11.5 Å². The largest absolute Gasteiger partial charge is 0.303 e. The SMILES string of the molecule is Cc1ccc(-n2c(/C=C3/C(=O)N(Cc4ccccc4)c4ccccc43)nc3ccccc3c2=O)cc1. The van der Waals surface area contributed by atoms with Crippen LogP contribution in [0.4, 0.5) is 5.69 Å². The minimum absolute atomic E-state index is 0.113. The Morgan fingerprint density at radius 1 is 0.778 bits per heavy atom. The average molecular weight is 470 g/mol. The van der Waals surface area contributed by atoms with Crippen molar-refractivity contribution in [2.75, 3.05) is 4.90 Å². The first kappa shape index (κ1) is 21.7. The summed E-state index contributed by atoms with van der Waals surface area (Å²) in [5.41, 5.74) is 5.46. The predicted molar refractivity (Wildman–Crippen MR) is 144 cm³/mol. The van der Waals surface area contributed by atoms with Gasteiger partial charge in [0, 0.05) is 5.56 Å². The summed E-state index contributed by atoms with van der Waals surface area (Å²) in [5.74, 6) is 0.306. The molecule has 6 rings (SSSR count). The fraction of sp³-hybridized carbons (Fsp3) is 0.0645.